The Morgan fingerprint density at radius 2 is 0.445 bits per heavy atom. The molecule has 6 heterocycles. The van der Waals surface area contributed by atoms with Crippen LogP contribution in [0.25, 0.3) is 263 Å². The fourth-order valence-corrected chi connectivity index (χ4v) is 21.0. The van der Waals surface area contributed by atoms with Gasteiger partial charge in [-0.1, -0.05) is 297 Å². The maximum Gasteiger partial charge on any atom is 0.160 e. The van der Waals surface area contributed by atoms with Gasteiger partial charge in [-0.05, 0) is 226 Å². The lowest BCUT2D eigenvalue weighted by atomic mass is 9.92. The average molecular weight is 1630 g/mol. The van der Waals surface area contributed by atoms with Gasteiger partial charge in [-0.25, -0.2) is 19.9 Å². The van der Waals surface area contributed by atoms with Crippen molar-refractivity contribution in [3.8, 4) is 68.0 Å². The van der Waals surface area contributed by atoms with Gasteiger partial charge in [-0.15, -0.1) is 0 Å². The molecule has 28 aromatic rings. The van der Waals surface area contributed by atoms with Gasteiger partial charge >= 0.3 is 0 Å². The summed E-state index contributed by atoms with van der Waals surface area (Å²) in [6.07, 6.45) is 0. The Morgan fingerprint density at radius 1 is 0.141 bits per heavy atom. The van der Waals surface area contributed by atoms with Crippen molar-refractivity contribution in [2.24, 2.45) is 0 Å². The van der Waals surface area contributed by atoms with Gasteiger partial charge in [0.15, 0.2) is 11.6 Å². The third kappa shape index (κ3) is 11.1. The Labute approximate surface area is 733 Å². The molecule has 0 unspecified atom stereocenters. The second kappa shape index (κ2) is 28.2. The van der Waals surface area contributed by atoms with Crippen LogP contribution in [0.5, 0.6) is 0 Å². The second-order valence-corrected chi connectivity index (χ2v) is 33.9. The van der Waals surface area contributed by atoms with Crippen molar-refractivity contribution in [2.45, 2.75) is 0 Å². The van der Waals surface area contributed by atoms with E-state index in [0.717, 1.165) is 100 Å². The van der Waals surface area contributed by atoms with Crippen LogP contribution in [0.1, 0.15) is 0 Å². The van der Waals surface area contributed by atoms with Crippen molar-refractivity contribution in [3.63, 3.8) is 0 Å². The summed E-state index contributed by atoms with van der Waals surface area (Å²) in [5, 5.41) is 31.5. The van der Waals surface area contributed by atoms with Gasteiger partial charge in [0, 0.05) is 98.9 Å². The lowest BCUT2D eigenvalue weighted by molar-refractivity contribution is 1.16. The molecular formula is C120H72N8. The molecule has 0 aliphatic carbocycles. The Morgan fingerprint density at radius 3 is 0.891 bits per heavy atom. The minimum absolute atomic E-state index is 0.691. The molecule has 128 heavy (non-hydrogen) atoms. The van der Waals surface area contributed by atoms with Gasteiger partial charge < -0.3 is 18.3 Å². The first-order chi connectivity index (χ1) is 63.4. The molecule has 0 saturated carbocycles. The van der Waals surface area contributed by atoms with Gasteiger partial charge in [0.25, 0.3) is 0 Å². The minimum atomic E-state index is 0.691. The first-order valence-electron chi connectivity index (χ1n) is 43.8. The molecule has 0 aliphatic heterocycles. The summed E-state index contributed by atoms with van der Waals surface area (Å²) < 4.78 is 9.71. The van der Waals surface area contributed by atoms with E-state index in [-0.39, 0.29) is 0 Å². The monoisotopic (exact) mass is 1620 g/mol. The van der Waals surface area contributed by atoms with E-state index >= 15 is 0 Å². The molecule has 0 radical (unpaired) electrons. The Kier molecular flexibility index (Phi) is 15.7. The first-order valence-corrected chi connectivity index (χ1v) is 43.8. The van der Waals surface area contributed by atoms with E-state index < -0.39 is 0 Å². The highest BCUT2D eigenvalue weighted by Crippen LogP contribution is 2.46. The van der Waals surface area contributed by atoms with Gasteiger partial charge in [-0.3, -0.25) is 0 Å². The van der Waals surface area contributed by atoms with E-state index in [2.05, 4.69) is 455 Å². The second-order valence-electron chi connectivity index (χ2n) is 33.9. The summed E-state index contributed by atoms with van der Waals surface area (Å²) in [7, 11) is 0. The topological polar surface area (TPSA) is 71.3 Å². The molecule has 0 atom stereocenters. The third-order valence-corrected chi connectivity index (χ3v) is 26.8. The molecule has 0 bridgehead atoms. The fourth-order valence-electron chi connectivity index (χ4n) is 21.0. The van der Waals surface area contributed by atoms with E-state index in [4.69, 9.17) is 19.9 Å². The predicted molar refractivity (Wildman–Crippen MR) is 538 cm³/mol. The van der Waals surface area contributed by atoms with Gasteiger partial charge in [0.1, 0.15) is 0 Å². The largest absolute Gasteiger partial charge is 0.309 e. The van der Waals surface area contributed by atoms with Gasteiger partial charge in [-0.2, -0.15) is 0 Å². The standard InChI is InChI=1S/C64H38N4.C56H34N4/c1-3-16-41-36-61-55(33-39(41)14-1)52-24-10-12-27-59(52)68(61)46-29-31-60-57(38-46)56-34-40-15-2-4-17-42(40)37-62(56)67(60)45-19-13-18-44(32-45)64-65-58-26-11-9-25-53(58)63(66-64)43-28-30-51-49-22-6-5-20-47(49)48-21-7-8-23-50(48)54(51)35-43;1-3-16-38-32-53-47(30-36(38)14-1)44-22-8-10-26-51(44)60(53)42-27-28-52-49(34-42)48-31-37-15-2-4-17-39(37)33-54(48)59(52)41-20-11-19-40(29-41)56-57-50-25-9-7-23-46(50)55(58-56)45-24-12-18-35-13-5-6-21-43(35)45/h1-38H;1-34H. The zero-order valence-corrected chi connectivity index (χ0v) is 69.1. The minimum Gasteiger partial charge on any atom is -0.309 e. The van der Waals surface area contributed by atoms with Crippen molar-refractivity contribution in [1.82, 2.24) is 38.2 Å². The zero-order chi connectivity index (χ0) is 83.8. The Bertz CT molecular complexity index is 9600. The molecule has 6 aromatic heterocycles. The molecule has 0 saturated heterocycles. The predicted octanol–water partition coefficient (Wildman–Crippen LogP) is 31.5. The molecule has 8 nitrogen and oxygen atoms in total. The first kappa shape index (κ1) is 71.4. The van der Waals surface area contributed by atoms with E-state index in [1.165, 1.54) is 151 Å². The average Bonchev–Trinajstić information content (AvgIpc) is 1.55. The fraction of sp³-hybridized carbons (Fsp3) is 0. The van der Waals surface area contributed by atoms with Crippen LogP contribution in [0.15, 0.2) is 437 Å². The summed E-state index contributed by atoms with van der Waals surface area (Å²) >= 11 is 0. The maximum absolute atomic E-state index is 5.46. The molecule has 0 fully saturated rings. The smallest absolute Gasteiger partial charge is 0.160 e. The summed E-state index contributed by atoms with van der Waals surface area (Å²) in [6, 6.07) is 159. The van der Waals surface area contributed by atoms with E-state index in [0.29, 0.717) is 11.6 Å². The van der Waals surface area contributed by atoms with Crippen molar-refractivity contribution in [1.29, 1.82) is 0 Å². The highest BCUT2D eigenvalue weighted by atomic mass is 15.0. The highest BCUT2D eigenvalue weighted by Gasteiger charge is 2.25. The summed E-state index contributed by atoms with van der Waals surface area (Å²) in [4.78, 5) is 21.3. The molecule has 592 valence electrons. The molecule has 28 rings (SSSR count). The zero-order valence-electron chi connectivity index (χ0n) is 69.1. The molecule has 0 amide bonds. The third-order valence-electron chi connectivity index (χ3n) is 26.8. The Hall–Kier alpha value is -17.2. The van der Waals surface area contributed by atoms with Crippen LogP contribution in [-0.2, 0) is 0 Å². The van der Waals surface area contributed by atoms with Crippen LogP contribution in [0.2, 0.25) is 0 Å². The molecule has 0 spiro atoms. The SMILES string of the molecule is c1cc(-c2nc(-c3ccc4c5ccccc5c5ccccc5c4c3)c3ccccc3n2)cc(-n2c3ccc(-n4c5ccccc5c5cc6ccccc6cc54)cc3c3cc4ccccc4cc32)c1.c1cc(-c2nc(-c3cccc4ccccc34)c3ccccc3n2)cc(-n2c3ccc(-n4c5ccccc5c5cc6ccccc6cc54)cc3c3cc4ccccc4cc32)c1. The van der Waals surface area contributed by atoms with Crippen molar-refractivity contribution in [3.05, 3.63) is 437 Å². The molecule has 0 aliphatic rings. The van der Waals surface area contributed by atoms with Gasteiger partial charge in [0.05, 0.1) is 66.6 Å². The summed E-state index contributed by atoms with van der Waals surface area (Å²) in [5.41, 5.74) is 21.5. The number of benzene rings is 22. The van der Waals surface area contributed by atoms with Crippen molar-refractivity contribution in [2.75, 3.05) is 0 Å². The number of hydrogen-bond donors (Lipinski definition) is 0. The molecule has 22 aromatic carbocycles. The van der Waals surface area contributed by atoms with Crippen LogP contribution in [0.3, 0.4) is 0 Å². The number of fused-ring (bicyclic) bond motifs is 25. The molecule has 0 N–H and O–H groups in total. The van der Waals surface area contributed by atoms with E-state index in [9.17, 15) is 0 Å². The summed E-state index contributed by atoms with van der Waals surface area (Å²) in [5.74, 6) is 1.39. The molecular weight excluding hydrogens is 1550 g/mol. The highest BCUT2D eigenvalue weighted by molar-refractivity contribution is 6.27. The van der Waals surface area contributed by atoms with Crippen LogP contribution >= 0.6 is 0 Å². The lowest BCUT2D eigenvalue weighted by Gasteiger charge is -2.14. The van der Waals surface area contributed by atoms with Crippen molar-refractivity contribution >= 4 is 195 Å². The van der Waals surface area contributed by atoms with E-state index in [1.54, 1.807) is 0 Å². The van der Waals surface area contributed by atoms with Crippen LogP contribution in [0, 0.1) is 0 Å². The lowest BCUT2D eigenvalue weighted by Crippen LogP contribution is -1.98. The van der Waals surface area contributed by atoms with Gasteiger partial charge in [0.2, 0.25) is 0 Å². The maximum atomic E-state index is 5.46. The number of aromatic nitrogens is 8. The number of nitrogens with zero attached hydrogens (tertiary/aromatic N) is 8. The van der Waals surface area contributed by atoms with Crippen LogP contribution in [0.4, 0.5) is 0 Å². The van der Waals surface area contributed by atoms with Crippen LogP contribution < -0.4 is 0 Å². The number of hydrogen-bond acceptors (Lipinski definition) is 4. The normalized spacial score (nSPS) is 12.1. The van der Waals surface area contributed by atoms with Crippen molar-refractivity contribution < 1.29 is 0 Å². The summed E-state index contributed by atoms with van der Waals surface area (Å²) in [6.45, 7) is 0. The van der Waals surface area contributed by atoms with E-state index in [1.807, 2.05) is 0 Å². The number of para-hydroxylation sites is 4. The Balaban J connectivity index is 0.000000133. The molecule has 8 heteroatoms. The van der Waals surface area contributed by atoms with Crippen LogP contribution in [-0.4, -0.2) is 38.2 Å². The number of rotatable bonds is 8. The quantitative estimate of drug-likeness (QED) is 0.142.